The van der Waals surface area contributed by atoms with Crippen LogP contribution in [0.5, 0.6) is 0 Å². The second kappa shape index (κ2) is 5.80. The first-order valence-corrected chi connectivity index (χ1v) is 8.24. The van der Waals surface area contributed by atoms with Crippen molar-refractivity contribution in [1.29, 1.82) is 0 Å². The molecule has 2 aliphatic rings. The highest BCUT2D eigenvalue weighted by Gasteiger charge is 2.37. The lowest BCUT2D eigenvalue weighted by atomic mass is 9.96. The van der Waals surface area contributed by atoms with Crippen LogP contribution in [0.3, 0.4) is 0 Å². The summed E-state index contributed by atoms with van der Waals surface area (Å²) >= 11 is 0. The van der Waals surface area contributed by atoms with Gasteiger partial charge in [0.05, 0.1) is 5.92 Å². The standard InChI is InChI=1S/C18H26N2O/c1-13(17(21)20-16-4-2-3-5-16)15-8-6-14(7-9-15)12-18(19)10-11-18/h6-9,13,16H,2-5,10-12,19H2,1H3,(H,20,21). The van der Waals surface area contributed by atoms with E-state index in [2.05, 4.69) is 29.6 Å². The van der Waals surface area contributed by atoms with Gasteiger partial charge in [0.1, 0.15) is 0 Å². The molecule has 3 N–H and O–H groups in total. The molecule has 2 aliphatic carbocycles. The van der Waals surface area contributed by atoms with Crippen molar-refractivity contribution in [3.63, 3.8) is 0 Å². The summed E-state index contributed by atoms with van der Waals surface area (Å²) in [6, 6.07) is 8.81. The Labute approximate surface area is 127 Å². The van der Waals surface area contributed by atoms with Gasteiger partial charge in [-0.1, -0.05) is 37.1 Å². The van der Waals surface area contributed by atoms with Crippen LogP contribution in [-0.2, 0) is 11.2 Å². The van der Waals surface area contributed by atoms with E-state index in [0.717, 1.165) is 37.7 Å². The topological polar surface area (TPSA) is 55.1 Å². The first kappa shape index (κ1) is 14.6. The maximum atomic E-state index is 12.3. The van der Waals surface area contributed by atoms with Crippen LogP contribution in [0.15, 0.2) is 24.3 Å². The maximum Gasteiger partial charge on any atom is 0.227 e. The monoisotopic (exact) mass is 286 g/mol. The van der Waals surface area contributed by atoms with E-state index in [4.69, 9.17) is 5.73 Å². The number of hydrogen-bond acceptors (Lipinski definition) is 2. The summed E-state index contributed by atoms with van der Waals surface area (Å²) in [6.07, 6.45) is 7.98. The van der Waals surface area contributed by atoms with Crippen LogP contribution in [0.4, 0.5) is 0 Å². The Balaban J connectivity index is 1.58. The third-order valence-corrected chi connectivity index (χ3v) is 5.02. The highest BCUT2D eigenvalue weighted by atomic mass is 16.1. The number of hydrogen-bond donors (Lipinski definition) is 2. The van der Waals surface area contributed by atoms with Crippen molar-refractivity contribution in [2.75, 3.05) is 0 Å². The minimum atomic E-state index is -0.0765. The Hall–Kier alpha value is -1.35. The molecule has 1 atom stereocenters. The predicted molar refractivity (Wildman–Crippen MR) is 85.1 cm³/mol. The van der Waals surface area contributed by atoms with E-state index in [0.29, 0.717) is 6.04 Å². The van der Waals surface area contributed by atoms with Crippen molar-refractivity contribution in [3.05, 3.63) is 35.4 Å². The summed E-state index contributed by atoms with van der Waals surface area (Å²) in [4.78, 5) is 12.3. The lowest BCUT2D eigenvalue weighted by Crippen LogP contribution is -2.35. The van der Waals surface area contributed by atoms with E-state index < -0.39 is 0 Å². The molecule has 2 fully saturated rings. The van der Waals surface area contributed by atoms with E-state index in [9.17, 15) is 4.79 Å². The summed E-state index contributed by atoms with van der Waals surface area (Å²) in [5, 5.41) is 3.18. The molecular weight excluding hydrogens is 260 g/mol. The first-order chi connectivity index (χ1) is 10.1. The van der Waals surface area contributed by atoms with Crippen molar-refractivity contribution in [2.24, 2.45) is 5.73 Å². The SMILES string of the molecule is CC(C(=O)NC1CCCC1)c1ccc(CC2(N)CC2)cc1. The van der Waals surface area contributed by atoms with Crippen molar-refractivity contribution in [3.8, 4) is 0 Å². The van der Waals surface area contributed by atoms with Gasteiger partial charge in [0.25, 0.3) is 0 Å². The van der Waals surface area contributed by atoms with Gasteiger partial charge in [0, 0.05) is 11.6 Å². The molecule has 2 saturated carbocycles. The Bertz CT molecular complexity index is 498. The van der Waals surface area contributed by atoms with Gasteiger partial charge >= 0.3 is 0 Å². The number of benzene rings is 1. The van der Waals surface area contributed by atoms with Crippen LogP contribution in [0, 0.1) is 0 Å². The molecule has 0 heterocycles. The summed E-state index contributed by atoms with van der Waals surface area (Å²) in [7, 11) is 0. The number of nitrogens with one attached hydrogen (secondary N) is 1. The number of amides is 1. The van der Waals surface area contributed by atoms with E-state index in [1.54, 1.807) is 0 Å². The Morgan fingerprint density at radius 2 is 1.90 bits per heavy atom. The van der Waals surface area contributed by atoms with Gasteiger partial charge in [-0.15, -0.1) is 0 Å². The van der Waals surface area contributed by atoms with Crippen LogP contribution in [0.25, 0.3) is 0 Å². The minimum absolute atomic E-state index is 0.0486. The second-order valence-corrected chi connectivity index (χ2v) is 6.99. The molecule has 0 spiro atoms. The Morgan fingerprint density at radius 1 is 1.29 bits per heavy atom. The third-order valence-electron chi connectivity index (χ3n) is 5.02. The fourth-order valence-electron chi connectivity index (χ4n) is 3.22. The van der Waals surface area contributed by atoms with E-state index in [1.807, 2.05) is 6.92 Å². The van der Waals surface area contributed by atoms with Crippen molar-refractivity contribution in [2.45, 2.75) is 69.4 Å². The van der Waals surface area contributed by atoms with E-state index in [1.165, 1.54) is 18.4 Å². The average Bonchev–Trinajstić information content (AvgIpc) is 2.99. The second-order valence-electron chi connectivity index (χ2n) is 6.99. The lowest BCUT2D eigenvalue weighted by molar-refractivity contribution is -0.122. The van der Waals surface area contributed by atoms with Gasteiger partial charge in [-0.2, -0.15) is 0 Å². The molecule has 1 unspecified atom stereocenters. The highest BCUT2D eigenvalue weighted by Crippen LogP contribution is 2.35. The number of nitrogens with two attached hydrogens (primary N) is 1. The smallest absolute Gasteiger partial charge is 0.227 e. The zero-order chi connectivity index (χ0) is 14.9. The van der Waals surface area contributed by atoms with Crippen LogP contribution in [-0.4, -0.2) is 17.5 Å². The summed E-state index contributed by atoms with van der Waals surface area (Å²) in [5.41, 5.74) is 8.57. The molecule has 3 nitrogen and oxygen atoms in total. The Kier molecular flexibility index (Phi) is 4.03. The fourth-order valence-corrected chi connectivity index (χ4v) is 3.22. The average molecular weight is 286 g/mol. The largest absolute Gasteiger partial charge is 0.353 e. The number of rotatable bonds is 5. The summed E-state index contributed by atoms with van der Waals surface area (Å²) < 4.78 is 0. The highest BCUT2D eigenvalue weighted by molar-refractivity contribution is 5.83. The molecule has 0 saturated heterocycles. The van der Waals surface area contributed by atoms with Gasteiger partial charge in [0.15, 0.2) is 0 Å². The molecule has 3 heteroatoms. The number of carbonyl (C=O) groups is 1. The van der Waals surface area contributed by atoms with Crippen LogP contribution in [0.1, 0.15) is 62.5 Å². The molecule has 114 valence electrons. The normalized spacial score (nSPS) is 22.0. The molecule has 1 aromatic carbocycles. The van der Waals surface area contributed by atoms with E-state index in [-0.39, 0.29) is 17.4 Å². The van der Waals surface area contributed by atoms with Crippen LogP contribution >= 0.6 is 0 Å². The first-order valence-electron chi connectivity index (χ1n) is 8.24. The number of carbonyl (C=O) groups excluding carboxylic acids is 1. The van der Waals surface area contributed by atoms with Gasteiger partial charge in [-0.05, 0) is 50.2 Å². The zero-order valence-electron chi connectivity index (χ0n) is 12.9. The van der Waals surface area contributed by atoms with Gasteiger partial charge in [0.2, 0.25) is 5.91 Å². The molecule has 1 aromatic rings. The fraction of sp³-hybridized carbons (Fsp3) is 0.611. The predicted octanol–water partition coefficient (Wildman–Crippen LogP) is 2.88. The summed E-state index contributed by atoms with van der Waals surface area (Å²) in [6.45, 7) is 1.99. The molecule has 0 aliphatic heterocycles. The zero-order valence-corrected chi connectivity index (χ0v) is 12.9. The van der Waals surface area contributed by atoms with Crippen LogP contribution in [0.2, 0.25) is 0 Å². The lowest BCUT2D eigenvalue weighted by Gasteiger charge is -2.17. The van der Waals surface area contributed by atoms with Gasteiger partial charge in [-0.25, -0.2) is 0 Å². The molecule has 0 radical (unpaired) electrons. The van der Waals surface area contributed by atoms with Crippen molar-refractivity contribution in [1.82, 2.24) is 5.32 Å². The molecule has 0 aromatic heterocycles. The van der Waals surface area contributed by atoms with Crippen LogP contribution < -0.4 is 11.1 Å². The quantitative estimate of drug-likeness (QED) is 0.874. The Morgan fingerprint density at radius 3 is 2.48 bits per heavy atom. The molecule has 21 heavy (non-hydrogen) atoms. The molecule has 1 amide bonds. The van der Waals surface area contributed by atoms with Gasteiger partial charge in [-0.3, -0.25) is 4.79 Å². The minimum Gasteiger partial charge on any atom is -0.353 e. The van der Waals surface area contributed by atoms with Crippen molar-refractivity contribution >= 4 is 5.91 Å². The molecule has 3 rings (SSSR count). The van der Waals surface area contributed by atoms with E-state index >= 15 is 0 Å². The summed E-state index contributed by atoms with van der Waals surface area (Å²) in [5.74, 6) is 0.0829. The third kappa shape index (κ3) is 3.65. The van der Waals surface area contributed by atoms with Gasteiger partial charge < -0.3 is 11.1 Å². The van der Waals surface area contributed by atoms with Crippen molar-refractivity contribution < 1.29 is 4.79 Å². The molecular formula is C18H26N2O. The maximum absolute atomic E-state index is 12.3. The molecule has 0 bridgehead atoms.